The van der Waals surface area contributed by atoms with Crippen molar-refractivity contribution in [2.75, 3.05) is 26.4 Å². The Balaban J connectivity index is 2.43. The van der Waals surface area contributed by atoms with Gasteiger partial charge in [-0.15, -0.1) is 11.3 Å². The minimum absolute atomic E-state index is 0.102. The van der Waals surface area contributed by atoms with Gasteiger partial charge in [-0.25, -0.2) is 9.59 Å². The number of hydrogen-bond donors (Lipinski definition) is 0. The summed E-state index contributed by atoms with van der Waals surface area (Å²) in [5, 5.41) is 9.67. The van der Waals surface area contributed by atoms with Gasteiger partial charge in [0, 0.05) is 11.3 Å². The monoisotopic (exact) mass is 499 g/mol. The van der Waals surface area contributed by atoms with Crippen LogP contribution in [0.4, 0.5) is 0 Å². The Hall–Kier alpha value is -3.64. The van der Waals surface area contributed by atoms with E-state index in [2.05, 4.69) is 0 Å². The molecule has 2 rings (SSSR count). The van der Waals surface area contributed by atoms with Gasteiger partial charge in [-0.2, -0.15) is 5.26 Å². The van der Waals surface area contributed by atoms with E-state index in [0.29, 0.717) is 40.7 Å². The molecule has 0 saturated carbocycles. The third-order valence-corrected chi connectivity index (χ3v) is 6.05. The predicted molar refractivity (Wildman–Crippen MR) is 132 cm³/mol. The smallest absolute Gasteiger partial charge is 0.348 e. The molecule has 9 heteroatoms. The van der Waals surface area contributed by atoms with Crippen LogP contribution >= 0.6 is 11.3 Å². The van der Waals surface area contributed by atoms with Crippen molar-refractivity contribution in [3.63, 3.8) is 0 Å². The Bertz CT molecular complexity index is 1160. The number of thiophene rings is 1. The van der Waals surface area contributed by atoms with Gasteiger partial charge in [0.15, 0.2) is 17.3 Å². The van der Waals surface area contributed by atoms with Crippen LogP contribution in [0, 0.1) is 18.3 Å². The molecular formula is C26H29NO7S. The molecule has 0 unspecified atom stereocenters. The number of carbonyl (C=O) groups is 3. The Morgan fingerprint density at radius 1 is 0.943 bits per heavy atom. The van der Waals surface area contributed by atoms with Gasteiger partial charge in [-0.3, -0.25) is 4.79 Å². The van der Waals surface area contributed by atoms with E-state index in [1.165, 1.54) is 6.08 Å². The van der Waals surface area contributed by atoms with Crippen LogP contribution in [-0.2, 0) is 20.7 Å². The molecule has 0 saturated heterocycles. The molecule has 1 aromatic carbocycles. The molecule has 186 valence electrons. The van der Waals surface area contributed by atoms with Crippen molar-refractivity contribution in [1.82, 2.24) is 0 Å². The fraction of sp³-hybridized carbons (Fsp3) is 0.385. The van der Waals surface area contributed by atoms with Crippen molar-refractivity contribution < 1.29 is 33.3 Å². The summed E-state index contributed by atoms with van der Waals surface area (Å²) >= 11 is 0.998. The molecule has 8 nitrogen and oxygen atoms in total. The van der Waals surface area contributed by atoms with Crippen LogP contribution in [0.3, 0.4) is 0 Å². The molecule has 0 aliphatic carbocycles. The van der Waals surface area contributed by atoms with E-state index in [4.69, 9.17) is 18.9 Å². The molecule has 1 aromatic heterocycles. The molecule has 0 amide bonds. The number of nitrogens with zero attached hydrogens (tertiary/aromatic N) is 1. The molecule has 0 aliphatic rings. The molecule has 2 aromatic rings. The van der Waals surface area contributed by atoms with E-state index in [0.717, 1.165) is 11.3 Å². The van der Waals surface area contributed by atoms with Gasteiger partial charge < -0.3 is 18.9 Å². The SMILES string of the molecule is CCOC(=O)c1sc(CC(=O)/C(C#N)=C/c2ccc(OCC)c(OCC)c2)c(C(=O)OCC)c1C. The average Bonchev–Trinajstić information content (AvgIpc) is 3.15. The first kappa shape index (κ1) is 27.6. The van der Waals surface area contributed by atoms with E-state index in [9.17, 15) is 19.6 Å². The van der Waals surface area contributed by atoms with Crippen LogP contribution in [0.1, 0.15) is 63.7 Å². The highest BCUT2D eigenvalue weighted by Crippen LogP contribution is 2.32. The number of ketones is 1. The van der Waals surface area contributed by atoms with E-state index in [-0.39, 0.29) is 35.6 Å². The lowest BCUT2D eigenvalue weighted by Gasteiger charge is -2.11. The van der Waals surface area contributed by atoms with Crippen molar-refractivity contribution >= 4 is 35.1 Å². The lowest BCUT2D eigenvalue weighted by atomic mass is 10.0. The van der Waals surface area contributed by atoms with Gasteiger partial charge >= 0.3 is 11.9 Å². The summed E-state index contributed by atoms with van der Waals surface area (Å²) in [6.07, 6.45) is 1.21. The fourth-order valence-electron chi connectivity index (χ4n) is 3.30. The summed E-state index contributed by atoms with van der Waals surface area (Å²) in [7, 11) is 0. The second-order valence-corrected chi connectivity index (χ2v) is 8.24. The van der Waals surface area contributed by atoms with Gasteiger partial charge in [0.2, 0.25) is 0 Å². The maximum Gasteiger partial charge on any atom is 0.348 e. The largest absolute Gasteiger partial charge is 0.490 e. The lowest BCUT2D eigenvalue weighted by molar-refractivity contribution is -0.114. The van der Waals surface area contributed by atoms with Crippen LogP contribution in [-0.4, -0.2) is 44.1 Å². The zero-order valence-electron chi connectivity index (χ0n) is 20.6. The van der Waals surface area contributed by atoms with Crippen molar-refractivity contribution in [1.29, 1.82) is 5.26 Å². The van der Waals surface area contributed by atoms with E-state index >= 15 is 0 Å². The molecular weight excluding hydrogens is 470 g/mol. The normalized spacial score (nSPS) is 10.9. The standard InChI is InChI=1S/C26H29NO7S/c1-6-31-20-11-10-17(13-21(20)32-7-2)12-18(15-27)19(28)14-22-23(25(29)33-8-3)16(5)24(35-22)26(30)34-9-4/h10-13H,6-9,14H2,1-5H3/b18-12+. The first-order valence-electron chi connectivity index (χ1n) is 11.3. The number of Topliss-reactive ketones (excluding diaryl/α,β-unsaturated/α-hetero) is 1. The lowest BCUT2D eigenvalue weighted by Crippen LogP contribution is -2.12. The zero-order valence-corrected chi connectivity index (χ0v) is 21.4. The predicted octanol–water partition coefficient (Wildman–Crippen LogP) is 4.93. The van der Waals surface area contributed by atoms with Crippen molar-refractivity contribution in [2.24, 2.45) is 0 Å². The third kappa shape index (κ3) is 6.93. The number of rotatable bonds is 12. The highest BCUT2D eigenvalue weighted by atomic mass is 32.1. The van der Waals surface area contributed by atoms with Gasteiger partial charge in [0.25, 0.3) is 0 Å². The highest BCUT2D eigenvalue weighted by Gasteiger charge is 2.28. The maximum atomic E-state index is 13.1. The van der Waals surface area contributed by atoms with Gasteiger partial charge in [-0.1, -0.05) is 6.07 Å². The van der Waals surface area contributed by atoms with Gasteiger partial charge in [-0.05, 0) is 64.0 Å². The molecule has 0 radical (unpaired) electrons. The number of allylic oxidation sites excluding steroid dienone is 1. The Kier molecular flexibility index (Phi) is 10.5. The Labute approximate surface area is 209 Å². The molecule has 0 atom stereocenters. The number of benzene rings is 1. The summed E-state index contributed by atoms with van der Waals surface area (Å²) in [5.41, 5.74) is 1.03. The number of esters is 2. The van der Waals surface area contributed by atoms with Crippen molar-refractivity contribution in [3.8, 4) is 17.6 Å². The first-order chi connectivity index (χ1) is 16.8. The molecule has 0 spiro atoms. The van der Waals surface area contributed by atoms with Gasteiger partial charge in [0.05, 0.1) is 37.6 Å². The number of nitriles is 1. The van der Waals surface area contributed by atoms with E-state index in [1.54, 1.807) is 39.0 Å². The third-order valence-electron chi connectivity index (χ3n) is 4.78. The summed E-state index contributed by atoms with van der Waals surface area (Å²) in [6.45, 7) is 9.87. The summed E-state index contributed by atoms with van der Waals surface area (Å²) in [4.78, 5) is 38.6. The quantitative estimate of drug-likeness (QED) is 0.230. The first-order valence-corrected chi connectivity index (χ1v) is 12.1. The van der Waals surface area contributed by atoms with Crippen LogP contribution in [0.15, 0.2) is 23.8 Å². The number of hydrogen-bond acceptors (Lipinski definition) is 9. The van der Waals surface area contributed by atoms with Crippen LogP contribution in [0.5, 0.6) is 11.5 Å². The second-order valence-electron chi connectivity index (χ2n) is 7.14. The molecule has 0 aliphatic heterocycles. The molecule has 1 heterocycles. The Morgan fingerprint density at radius 2 is 1.57 bits per heavy atom. The summed E-state index contributed by atoms with van der Waals surface area (Å²) in [6, 6.07) is 7.06. The van der Waals surface area contributed by atoms with Crippen LogP contribution in [0.2, 0.25) is 0 Å². The average molecular weight is 500 g/mol. The maximum absolute atomic E-state index is 13.1. The second kappa shape index (κ2) is 13.3. The fourth-order valence-corrected chi connectivity index (χ4v) is 4.49. The van der Waals surface area contributed by atoms with Crippen molar-refractivity contribution in [2.45, 2.75) is 41.0 Å². The molecule has 35 heavy (non-hydrogen) atoms. The number of ether oxygens (including phenoxy) is 4. The summed E-state index contributed by atoms with van der Waals surface area (Å²) in [5.74, 6) is -0.633. The summed E-state index contributed by atoms with van der Waals surface area (Å²) < 4.78 is 21.4. The zero-order chi connectivity index (χ0) is 26.0. The van der Waals surface area contributed by atoms with Crippen LogP contribution < -0.4 is 9.47 Å². The number of carbonyl (C=O) groups excluding carboxylic acids is 3. The molecule has 0 bridgehead atoms. The van der Waals surface area contributed by atoms with Gasteiger partial charge in [0.1, 0.15) is 10.9 Å². The topological polar surface area (TPSA) is 112 Å². The Morgan fingerprint density at radius 3 is 2.17 bits per heavy atom. The van der Waals surface area contributed by atoms with Crippen LogP contribution in [0.25, 0.3) is 6.08 Å². The molecule has 0 N–H and O–H groups in total. The molecule has 0 fully saturated rings. The highest BCUT2D eigenvalue weighted by molar-refractivity contribution is 7.14. The van der Waals surface area contributed by atoms with E-state index in [1.807, 2.05) is 19.9 Å². The minimum Gasteiger partial charge on any atom is -0.490 e. The minimum atomic E-state index is -0.630. The van der Waals surface area contributed by atoms with E-state index < -0.39 is 17.7 Å². The van der Waals surface area contributed by atoms with Crippen molar-refractivity contribution in [3.05, 3.63) is 50.2 Å².